The molecule has 5 atom stereocenters. The average Bonchev–Trinajstić information content (AvgIpc) is 2.78. The molecule has 3 nitrogen and oxygen atoms in total. The van der Waals surface area contributed by atoms with Crippen LogP contribution in [0.2, 0.25) is 0 Å². The fraction of sp³-hybridized carbons (Fsp3) is 0.800. The first-order valence-electron chi connectivity index (χ1n) is 6.94. The molecule has 3 heteroatoms. The number of ether oxygens (including phenoxy) is 1. The summed E-state index contributed by atoms with van der Waals surface area (Å²) in [6, 6.07) is 0. The molecule has 2 fully saturated rings. The lowest BCUT2D eigenvalue weighted by Crippen LogP contribution is -2.27. The molecule has 0 aromatic rings. The normalized spacial score (nSPS) is 45.9. The van der Waals surface area contributed by atoms with Crippen LogP contribution < -0.4 is 0 Å². The van der Waals surface area contributed by atoms with E-state index in [0.717, 1.165) is 31.1 Å². The summed E-state index contributed by atoms with van der Waals surface area (Å²) in [4.78, 5) is 11.5. The van der Waals surface area contributed by atoms with Gasteiger partial charge in [-0.25, -0.2) is 0 Å². The highest BCUT2D eigenvalue weighted by molar-refractivity contribution is 5.76. The minimum absolute atomic E-state index is 0.0937. The lowest BCUT2D eigenvalue weighted by atomic mass is 9.83. The number of carbonyl (C=O) groups excluding carboxylic acids is 1. The predicted octanol–water partition coefficient (Wildman–Crippen LogP) is 2.29. The van der Waals surface area contributed by atoms with Gasteiger partial charge < -0.3 is 9.84 Å². The number of allylic oxidation sites excluding steroid dienone is 1. The molecular formula is C15H22O3. The van der Waals surface area contributed by atoms with Crippen LogP contribution in [-0.2, 0) is 9.53 Å². The summed E-state index contributed by atoms with van der Waals surface area (Å²) in [5.74, 6) is 0.769. The average molecular weight is 250 g/mol. The highest BCUT2D eigenvalue weighted by Gasteiger charge is 2.50. The van der Waals surface area contributed by atoms with Gasteiger partial charge in [0.15, 0.2) is 6.29 Å². The van der Waals surface area contributed by atoms with Gasteiger partial charge >= 0.3 is 0 Å². The van der Waals surface area contributed by atoms with Gasteiger partial charge in [-0.05, 0) is 42.1 Å². The van der Waals surface area contributed by atoms with Crippen molar-refractivity contribution in [3.8, 4) is 0 Å². The van der Waals surface area contributed by atoms with Crippen molar-refractivity contribution in [3.63, 3.8) is 0 Å². The number of aliphatic hydroxyl groups is 1. The van der Waals surface area contributed by atoms with Crippen molar-refractivity contribution in [2.75, 3.05) is 0 Å². The van der Waals surface area contributed by atoms with E-state index in [-0.39, 0.29) is 17.4 Å². The smallest absolute Gasteiger partial charge is 0.161 e. The summed E-state index contributed by atoms with van der Waals surface area (Å²) >= 11 is 0. The topological polar surface area (TPSA) is 46.5 Å². The first kappa shape index (κ1) is 12.4. The lowest BCUT2D eigenvalue weighted by molar-refractivity contribution is -0.124. The van der Waals surface area contributed by atoms with Crippen LogP contribution in [0.5, 0.6) is 0 Å². The van der Waals surface area contributed by atoms with E-state index in [2.05, 4.69) is 20.8 Å². The summed E-state index contributed by atoms with van der Waals surface area (Å²) in [6.07, 6.45) is 3.22. The van der Waals surface area contributed by atoms with Crippen molar-refractivity contribution in [2.45, 2.75) is 52.4 Å². The molecule has 2 aliphatic carbocycles. The van der Waals surface area contributed by atoms with E-state index in [1.54, 1.807) is 0 Å². The Balaban J connectivity index is 2.09. The molecule has 0 amide bonds. The number of aliphatic hydroxyl groups excluding tert-OH is 1. The molecule has 0 aromatic heterocycles. The molecule has 100 valence electrons. The molecule has 1 saturated heterocycles. The maximum absolute atomic E-state index is 11.5. The SMILES string of the molecule is C[C@H]1[C@@H]2C[C@H](C(C=O)=C3CC(C)(C)C[C@H]31)[C@H](O)O2. The van der Waals surface area contributed by atoms with Crippen LogP contribution in [-0.4, -0.2) is 23.8 Å². The van der Waals surface area contributed by atoms with Gasteiger partial charge in [-0.1, -0.05) is 26.3 Å². The fourth-order valence-corrected chi connectivity index (χ4v) is 4.23. The van der Waals surface area contributed by atoms with Crippen LogP contribution in [0.25, 0.3) is 0 Å². The molecule has 0 unspecified atom stereocenters. The van der Waals surface area contributed by atoms with Crippen molar-refractivity contribution >= 4 is 6.29 Å². The first-order valence-corrected chi connectivity index (χ1v) is 6.94. The monoisotopic (exact) mass is 250 g/mol. The summed E-state index contributed by atoms with van der Waals surface area (Å²) in [5.41, 5.74) is 2.41. The lowest BCUT2D eigenvalue weighted by Gasteiger charge is -2.27. The van der Waals surface area contributed by atoms with Gasteiger partial charge in [0.25, 0.3) is 0 Å². The number of hydrogen-bond acceptors (Lipinski definition) is 3. The van der Waals surface area contributed by atoms with E-state index in [4.69, 9.17) is 4.74 Å². The van der Waals surface area contributed by atoms with E-state index in [1.807, 2.05) is 0 Å². The van der Waals surface area contributed by atoms with Gasteiger partial charge in [-0.15, -0.1) is 0 Å². The number of carbonyl (C=O) groups is 1. The summed E-state index contributed by atoms with van der Waals surface area (Å²) in [7, 11) is 0. The molecular weight excluding hydrogens is 228 g/mol. The van der Waals surface area contributed by atoms with Gasteiger partial charge in [-0.2, -0.15) is 0 Å². The third-order valence-electron chi connectivity index (χ3n) is 5.15. The quantitative estimate of drug-likeness (QED) is 0.726. The summed E-state index contributed by atoms with van der Waals surface area (Å²) in [6.45, 7) is 6.74. The van der Waals surface area contributed by atoms with Gasteiger partial charge in [0, 0.05) is 5.92 Å². The summed E-state index contributed by atoms with van der Waals surface area (Å²) in [5, 5.41) is 9.98. The van der Waals surface area contributed by atoms with Crippen LogP contribution in [0.15, 0.2) is 11.1 Å². The van der Waals surface area contributed by atoms with Crippen LogP contribution in [0, 0.1) is 23.2 Å². The Kier molecular flexibility index (Phi) is 2.69. The van der Waals surface area contributed by atoms with Crippen molar-refractivity contribution in [1.29, 1.82) is 0 Å². The summed E-state index contributed by atoms with van der Waals surface area (Å²) < 4.78 is 5.65. The van der Waals surface area contributed by atoms with Gasteiger partial charge in [0.2, 0.25) is 0 Å². The Bertz CT molecular complexity index is 410. The molecule has 1 saturated carbocycles. The Morgan fingerprint density at radius 3 is 2.78 bits per heavy atom. The molecule has 1 N–H and O–H groups in total. The second kappa shape index (κ2) is 3.91. The minimum atomic E-state index is -0.783. The number of rotatable bonds is 1. The van der Waals surface area contributed by atoms with Gasteiger partial charge in [0.1, 0.15) is 6.29 Å². The highest BCUT2D eigenvalue weighted by atomic mass is 16.6. The molecule has 3 rings (SSSR count). The minimum Gasteiger partial charge on any atom is -0.367 e. The van der Waals surface area contributed by atoms with Crippen molar-refractivity contribution in [1.82, 2.24) is 0 Å². The standard InChI is InChI=1S/C15H22O3/c1-8-10-5-15(2,3)6-11(10)12(7-16)9-4-13(8)18-14(9)17/h7-10,13-14,17H,4-6H2,1-3H3/t8-,9-,10+,13+,14-/m1/s1. The second-order valence-electron chi connectivity index (χ2n) is 7.02. The molecule has 0 radical (unpaired) electrons. The van der Waals surface area contributed by atoms with Crippen LogP contribution in [0.3, 0.4) is 0 Å². The molecule has 1 heterocycles. The zero-order valence-corrected chi connectivity index (χ0v) is 11.3. The number of hydrogen-bond donors (Lipinski definition) is 1. The van der Waals surface area contributed by atoms with Crippen LogP contribution >= 0.6 is 0 Å². The maximum atomic E-state index is 11.5. The highest BCUT2D eigenvalue weighted by Crippen LogP contribution is 2.54. The van der Waals surface area contributed by atoms with Gasteiger partial charge in [0.05, 0.1) is 6.10 Å². The Morgan fingerprint density at radius 2 is 2.11 bits per heavy atom. The molecule has 1 aliphatic heterocycles. The maximum Gasteiger partial charge on any atom is 0.161 e. The molecule has 3 aliphatic rings. The fourth-order valence-electron chi connectivity index (χ4n) is 4.23. The van der Waals surface area contributed by atoms with Crippen LogP contribution in [0.1, 0.15) is 40.0 Å². The molecule has 18 heavy (non-hydrogen) atoms. The Labute approximate surface area is 108 Å². The zero-order chi connectivity index (χ0) is 13.1. The van der Waals surface area contributed by atoms with Crippen molar-refractivity contribution in [3.05, 3.63) is 11.1 Å². The molecule has 0 spiro atoms. The van der Waals surface area contributed by atoms with Crippen LogP contribution in [0.4, 0.5) is 0 Å². The first-order chi connectivity index (χ1) is 8.43. The number of aldehydes is 1. The van der Waals surface area contributed by atoms with E-state index < -0.39 is 6.29 Å². The largest absolute Gasteiger partial charge is 0.367 e. The van der Waals surface area contributed by atoms with Gasteiger partial charge in [-0.3, -0.25) is 4.79 Å². The molecule has 0 aromatic carbocycles. The second-order valence-corrected chi connectivity index (χ2v) is 7.02. The Morgan fingerprint density at radius 1 is 1.39 bits per heavy atom. The van der Waals surface area contributed by atoms with E-state index >= 15 is 0 Å². The third kappa shape index (κ3) is 1.68. The Hall–Kier alpha value is -0.670. The van der Waals surface area contributed by atoms with Crippen molar-refractivity contribution in [2.24, 2.45) is 23.2 Å². The van der Waals surface area contributed by atoms with E-state index in [9.17, 15) is 9.90 Å². The zero-order valence-electron chi connectivity index (χ0n) is 11.3. The third-order valence-corrected chi connectivity index (χ3v) is 5.15. The van der Waals surface area contributed by atoms with E-state index in [0.29, 0.717) is 11.8 Å². The van der Waals surface area contributed by atoms with E-state index in [1.165, 1.54) is 5.57 Å². The molecule has 2 bridgehead atoms. The number of fused-ring (bicyclic) bond motifs is 3. The predicted molar refractivity (Wildman–Crippen MR) is 67.7 cm³/mol. The van der Waals surface area contributed by atoms with Crippen molar-refractivity contribution < 1.29 is 14.6 Å².